The quantitative estimate of drug-likeness (QED) is 0.819. The molecule has 0 atom stereocenters. The maximum Gasteiger partial charge on any atom is 0.0647 e. The largest absolute Gasteiger partial charge is 0.360 e. The van der Waals surface area contributed by atoms with Crippen molar-refractivity contribution >= 4 is 22.5 Å². The Kier molecular flexibility index (Phi) is 2.98. The first-order valence-electron chi connectivity index (χ1n) is 5.16. The van der Waals surface area contributed by atoms with E-state index in [1.807, 2.05) is 18.3 Å². The van der Waals surface area contributed by atoms with Crippen molar-refractivity contribution in [1.82, 2.24) is 10.3 Å². The number of benzene rings is 1. The lowest BCUT2D eigenvalue weighted by Crippen LogP contribution is -2.21. The number of rotatable bonds is 3. The molecule has 0 spiro atoms. The van der Waals surface area contributed by atoms with Crippen molar-refractivity contribution in [3.8, 4) is 0 Å². The molecule has 2 nitrogen and oxygen atoms in total. The van der Waals surface area contributed by atoms with E-state index in [0.29, 0.717) is 6.04 Å². The van der Waals surface area contributed by atoms with Gasteiger partial charge in [-0.3, -0.25) is 0 Å². The zero-order valence-corrected chi connectivity index (χ0v) is 9.73. The number of aromatic amines is 1. The second-order valence-electron chi connectivity index (χ2n) is 4.01. The molecule has 0 bridgehead atoms. The Hall–Kier alpha value is -0.990. The molecular weight excluding hydrogens is 208 g/mol. The van der Waals surface area contributed by atoms with Gasteiger partial charge in [0, 0.05) is 24.2 Å². The van der Waals surface area contributed by atoms with Gasteiger partial charge in [-0.1, -0.05) is 37.6 Å². The molecule has 0 radical (unpaired) electrons. The van der Waals surface area contributed by atoms with E-state index in [2.05, 4.69) is 30.2 Å². The van der Waals surface area contributed by atoms with Crippen LogP contribution in [0.2, 0.25) is 5.02 Å². The Balaban J connectivity index is 2.33. The van der Waals surface area contributed by atoms with Crippen LogP contribution in [0.4, 0.5) is 0 Å². The third-order valence-corrected chi connectivity index (χ3v) is 2.77. The van der Waals surface area contributed by atoms with E-state index in [1.165, 1.54) is 10.9 Å². The van der Waals surface area contributed by atoms with Crippen LogP contribution in [-0.2, 0) is 6.54 Å². The van der Waals surface area contributed by atoms with Gasteiger partial charge < -0.3 is 10.3 Å². The Labute approximate surface area is 94.6 Å². The fourth-order valence-corrected chi connectivity index (χ4v) is 1.86. The molecule has 0 saturated heterocycles. The summed E-state index contributed by atoms with van der Waals surface area (Å²) in [6.45, 7) is 5.15. The monoisotopic (exact) mass is 222 g/mol. The molecule has 0 aliphatic heterocycles. The lowest BCUT2D eigenvalue weighted by Gasteiger charge is -2.06. The summed E-state index contributed by atoms with van der Waals surface area (Å²) in [5.41, 5.74) is 2.29. The van der Waals surface area contributed by atoms with E-state index in [1.54, 1.807) is 0 Å². The topological polar surface area (TPSA) is 27.8 Å². The molecule has 0 aliphatic carbocycles. The Morgan fingerprint density at radius 2 is 2.20 bits per heavy atom. The number of para-hydroxylation sites is 1. The molecule has 1 heterocycles. The molecule has 15 heavy (non-hydrogen) atoms. The SMILES string of the molecule is CC(C)NCc1c[nH]c2c(Cl)cccc12. The van der Waals surface area contributed by atoms with Crippen LogP contribution in [0.5, 0.6) is 0 Å². The molecule has 1 aromatic heterocycles. The third kappa shape index (κ3) is 2.16. The van der Waals surface area contributed by atoms with Crippen LogP contribution in [0.25, 0.3) is 10.9 Å². The first kappa shape index (κ1) is 10.5. The van der Waals surface area contributed by atoms with Gasteiger partial charge in [-0.05, 0) is 11.6 Å². The summed E-state index contributed by atoms with van der Waals surface area (Å²) < 4.78 is 0. The molecule has 2 aromatic rings. The van der Waals surface area contributed by atoms with Crippen molar-refractivity contribution < 1.29 is 0 Å². The average molecular weight is 223 g/mol. The summed E-state index contributed by atoms with van der Waals surface area (Å²) in [6.07, 6.45) is 2.02. The summed E-state index contributed by atoms with van der Waals surface area (Å²) in [6, 6.07) is 6.47. The van der Waals surface area contributed by atoms with Crippen molar-refractivity contribution in [2.45, 2.75) is 26.4 Å². The van der Waals surface area contributed by atoms with Gasteiger partial charge in [-0.25, -0.2) is 0 Å². The molecule has 80 valence electrons. The van der Waals surface area contributed by atoms with E-state index in [-0.39, 0.29) is 0 Å². The summed E-state index contributed by atoms with van der Waals surface area (Å²) in [4.78, 5) is 3.21. The molecule has 2 N–H and O–H groups in total. The predicted molar refractivity (Wildman–Crippen MR) is 65.3 cm³/mol. The van der Waals surface area contributed by atoms with Crippen molar-refractivity contribution in [3.63, 3.8) is 0 Å². The lowest BCUT2D eigenvalue weighted by molar-refractivity contribution is 0.590. The molecule has 0 amide bonds. The normalized spacial score (nSPS) is 11.5. The predicted octanol–water partition coefficient (Wildman–Crippen LogP) is 3.32. The van der Waals surface area contributed by atoms with Crippen LogP contribution in [0.15, 0.2) is 24.4 Å². The van der Waals surface area contributed by atoms with Crippen LogP contribution in [-0.4, -0.2) is 11.0 Å². The van der Waals surface area contributed by atoms with Crippen LogP contribution < -0.4 is 5.32 Å². The molecule has 3 heteroatoms. The van der Waals surface area contributed by atoms with E-state index in [4.69, 9.17) is 11.6 Å². The van der Waals surface area contributed by atoms with Gasteiger partial charge in [-0.2, -0.15) is 0 Å². The smallest absolute Gasteiger partial charge is 0.0647 e. The van der Waals surface area contributed by atoms with Gasteiger partial charge in [0.25, 0.3) is 0 Å². The molecule has 0 saturated carbocycles. The van der Waals surface area contributed by atoms with Crippen LogP contribution in [0, 0.1) is 0 Å². The van der Waals surface area contributed by atoms with E-state index in [0.717, 1.165) is 17.1 Å². The molecule has 2 rings (SSSR count). The van der Waals surface area contributed by atoms with E-state index < -0.39 is 0 Å². The number of nitrogens with one attached hydrogen (secondary N) is 2. The van der Waals surface area contributed by atoms with Gasteiger partial charge in [0.2, 0.25) is 0 Å². The molecule has 1 aromatic carbocycles. The summed E-state index contributed by atoms with van der Waals surface area (Å²) >= 11 is 6.08. The molecular formula is C12H15ClN2. The standard InChI is InChI=1S/C12H15ClN2/c1-8(2)14-6-9-7-15-12-10(9)4-3-5-11(12)13/h3-5,7-8,14-15H,6H2,1-2H3. The Bertz CT molecular complexity index is 460. The fraction of sp³-hybridized carbons (Fsp3) is 0.333. The molecule has 0 aliphatic rings. The number of hydrogen-bond acceptors (Lipinski definition) is 1. The summed E-state index contributed by atoms with van der Waals surface area (Å²) in [5.74, 6) is 0. The third-order valence-electron chi connectivity index (χ3n) is 2.45. The van der Waals surface area contributed by atoms with E-state index in [9.17, 15) is 0 Å². The first-order chi connectivity index (χ1) is 7.18. The van der Waals surface area contributed by atoms with E-state index >= 15 is 0 Å². The maximum absolute atomic E-state index is 6.08. The summed E-state index contributed by atoms with van der Waals surface area (Å²) in [5, 5.41) is 5.38. The number of H-pyrrole nitrogens is 1. The first-order valence-corrected chi connectivity index (χ1v) is 5.54. The van der Waals surface area contributed by atoms with Gasteiger partial charge >= 0.3 is 0 Å². The van der Waals surface area contributed by atoms with Crippen molar-refractivity contribution in [2.75, 3.05) is 0 Å². The van der Waals surface area contributed by atoms with Crippen LogP contribution >= 0.6 is 11.6 Å². The summed E-state index contributed by atoms with van der Waals surface area (Å²) in [7, 11) is 0. The fourth-order valence-electron chi connectivity index (χ4n) is 1.64. The number of halogens is 1. The Morgan fingerprint density at radius 3 is 2.93 bits per heavy atom. The number of hydrogen-bond donors (Lipinski definition) is 2. The minimum atomic E-state index is 0.495. The molecule has 0 fully saturated rings. The zero-order chi connectivity index (χ0) is 10.8. The zero-order valence-electron chi connectivity index (χ0n) is 8.97. The number of aromatic nitrogens is 1. The molecule has 0 unspecified atom stereocenters. The minimum Gasteiger partial charge on any atom is -0.360 e. The number of fused-ring (bicyclic) bond motifs is 1. The minimum absolute atomic E-state index is 0.495. The van der Waals surface area contributed by atoms with Gasteiger partial charge in [0.1, 0.15) is 0 Å². The van der Waals surface area contributed by atoms with Gasteiger partial charge in [-0.15, -0.1) is 0 Å². The second kappa shape index (κ2) is 4.25. The van der Waals surface area contributed by atoms with Crippen molar-refractivity contribution in [3.05, 3.63) is 35.0 Å². The highest BCUT2D eigenvalue weighted by Gasteiger charge is 2.05. The van der Waals surface area contributed by atoms with Crippen molar-refractivity contribution in [1.29, 1.82) is 0 Å². The second-order valence-corrected chi connectivity index (χ2v) is 4.42. The van der Waals surface area contributed by atoms with Gasteiger partial charge in [0.15, 0.2) is 0 Å². The maximum atomic E-state index is 6.08. The van der Waals surface area contributed by atoms with Crippen molar-refractivity contribution in [2.24, 2.45) is 0 Å². The lowest BCUT2D eigenvalue weighted by atomic mass is 10.1. The highest BCUT2D eigenvalue weighted by Crippen LogP contribution is 2.24. The van der Waals surface area contributed by atoms with Gasteiger partial charge in [0.05, 0.1) is 10.5 Å². The highest BCUT2D eigenvalue weighted by atomic mass is 35.5. The highest BCUT2D eigenvalue weighted by molar-refractivity contribution is 6.35. The average Bonchev–Trinajstić information content (AvgIpc) is 2.59. The Morgan fingerprint density at radius 1 is 1.40 bits per heavy atom. The van der Waals surface area contributed by atoms with Crippen LogP contribution in [0.3, 0.4) is 0 Å². The van der Waals surface area contributed by atoms with Crippen LogP contribution in [0.1, 0.15) is 19.4 Å².